The minimum absolute atomic E-state index is 0.0715. The van der Waals surface area contributed by atoms with Crippen LogP contribution in [0.5, 0.6) is 5.75 Å². The third kappa shape index (κ3) is 4.49. The molecule has 0 bridgehead atoms. The monoisotopic (exact) mass is 485 g/mol. The normalized spacial score (nSPS) is 11.9. The van der Waals surface area contributed by atoms with Crippen molar-refractivity contribution in [1.82, 2.24) is 9.99 Å². The van der Waals surface area contributed by atoms with E-state index in [4.69, 9.17) is 11.6 Å². The van der Waals surface area contributed by atoms with Crippen molar-refractivity contribution in [1.29, 1.82) is 0 Å². The highest BCUT2D eigenvalue weighted by Gasteiger charge is 2.33. The van der Waals surface area contributed by atoms with Crippen LogP contribution in [0, 0.1) is 13.8 Å². The van der Waals surface area contributed by atoms with Gasteiger partial charge in [-0.15, -0.1) is 0 Å². The fraction of sp³-hybridized carbons (Fsp3) is 0.120. The quantitative estimate of drug-likeness (QED) is 0.260. The summed E-state index contributed by atoms with van der Waals surface area (Å²) in [7, 11) is 0. The molecule has 0 aliphatic heterocycles. The lowest BCUT2D eigenvalue weighted by Crippen LogP contribution is -2.17. The first kappa shape index (κ1) is 23.4. The second kappa shape index (κ2) is 8.87. The number of carbonyl (C=O) groups excluding carboxylic acids is 1. The minimum atomic E-state index is -4.58. The molecule has 0 atom stereocenters. The Morgan fingerprint density at radius 2 is 1.74 bits per heavy atom. The van der Waals surface area contributed by atoms with Crippen molar-refractivity contribution >= 4 is 34.5 Å². The van der Waals surface area contributed by atoms with Gasteiger partial charge in [-0.05, 0) is 61.0 Å². The number of nitrogens with zero attached hydrogens (tertiary/aromatic N) is 2. The molecule has 4 aromatic rings. The summed E-state index contributed by atoms with van der Waals surface area (Å²) in [6, 6.07) is 15.8. The Hall–Kier alpha value is -3.78. The zero-order valence-electron chi connectivity index (χ0n) is 18.1. The smallest absolute Gasteiger partial charge is 0.417 e. The summed E-state index contributed by atoms with van der Waals surface area (Å²) in [5.41, 5.74) is 3.73. The number of fused-ring (bicyclic) bond motifs is 1. The lowest BCUT2D eigenvalue weighted by atomic mass is 10.1. The number of amides is 1. The van der Waals surface area contributed by atoms with E-state index in [2.05, 4.69) is 10.5 Å². The molecule has 0 unspecified atom stereocenters. The number of hydrogen-bond acceptors (Lipinski definition) is 3. The molecule has 4 rings (SSSR count). The van der Waals surface area contributed by atoms with Gasteiger partial charge in [0.25, 0.3) is 5.91 Å². The predicted octanol–water partition coefficient (Wildman–Crippen LogP) is 6.39. The number of carbonyl (C=O) groups is 1. The number of benzene rings is 3. The maximum Gasteiger partial charge on any atom is 0.417 e. The summed E-state index contributed by atoms with van der Waals surface area (Å²) >= 11 is 5.74. The van der Waals surface area contributed by atoms with Crippen molar-refractivity contribution in [2.75, 3.05) is 0 Å². The van der Waals surface area contributed by atoms with Gasteiger partial charge in [0.2, 0.25) is 0 Å². The molecule has 0 fully saturated rings. The average Bonchev–Trinajstić information content (AvgIpc) is 3.06. The summed E-state index contributed by atoms with van der Waals surface area (Å²) in [4.78, 5) is 12.5. The summed E-state index contributed by atoms with van der Waals surface area (Å²) < 4.78 is 41.5. The molecule has 9 heteroatoms. The maximum atomic E-state index is 13.3. The van der Waals surface area contributed by atoms with Gasteiger partial charge in [-0.1, -0.05) is 35.9 Å². The second-order valence-corrected chi connectivity index (χ2v) is 8.15. The number of aromatic nitrogens is 1. The maximum absolute atomic E-state index is 13.3. The molecule has 1 heterocycles. The lowest BCUT2D eigenvalue weighted by molar-refractivity contribution is -0.137. The first-order chi connectivity index (χ1) is 16.1. The summed E-state index contributed by atoms with van der Waals surface area (Å²) in [6.45, 7) is 3.48. The number of phenolic OH excluding ortho intramolecular Hbond substituents is 1. The predicted molar refractivity (Wildman–Crippen MR) is 126 cm³/mol. The van der Waals surface area contributed by atoms with Crippen LogP contribution in [0.25, 0.3) is 16.5 Å². The molecule has 0 aliphatic rings. The van der Waals surface area contributed by atoms with Crippen LogP contribution in [0.1, 0.15) is 32.9 Å². The summed E-state index contributed by atoms with van der Waals surface area (Å²) in [5, 5.41) is 15.4. The molecule has 1 amide bonds. The van der Waals surface area contributed by atoms with Crippen molar-refractivity contribution in [3.63, 3.8) is 0 Å². The fourth-order valence-electron chi connectivity index (χ4n) is 3.82. The highest BCUT2D eigenvalue weighted by atomic mass is 35.5. The van der Waals surface area contributed by atoms with Gasteiger partial charge in [0.05, 0.1) is 22.4 Å². The standard InChI is InChI=1S/C25H19ClF3N3O2/c1-14-9-18(15(2)32(14)19-7-8-22(26)21(12-19)25(27,28)29)13-30-31-24(34)20-10-16-5-3-4-6-17(16)11-23(20)33/h3-13,33H,1-2H3,(H,31,34). The molecule has 174 valence electrons. The Morgan fingerprint density at radius 1 is 1.06 bits per heavy atom. The zero-order valence-corrected chi connectivity index (χ0v) is 18.9. The number of nitrogens with one attached hydrogen (secondary N) is 1. The molecule has 1 aromatic heterocycles. The van der Waals surface area contributed by atoms with Gasteiger partial charge in [-0.25, -0.2) is 5.43 Å². The van der Waals surface area contributed by atoms with Gasteiger partial charge in [0.15, 0.2) is 0 Å². The fourth-order valence-corrected chi connectivity index (χ4v) is 4.04. The molecule has 34 heavy (non-hydrogen) atoms. The minimum Gasteiger partial charge on any atom is -0.507 e. The van der Waals surface area contributed by atoms with Gasteiger partial charge in [0.1, 0.15) is 5.75 Å². The molecule has 3 aromatic carbocycles. The molecule has 5 nitrogen and oxygen atoms in total. The van der Waals surface area contributed by atoms with Gasteiger partial charge < -0.3 is 9.67 Å². The van der Waals surface area contributed by atoms with Crippen LogP contribution in [-0.4, -0.2) is 21.8 Å². The molecular weight excluding hydrogens is 467 g/mol. The Bertz CT molecular complexity index is 1440. The Balaban J connectivity index is 1.58. The Morgan fingerprint density at radius 3 is 2.41 bits per heavy atom. The van der Waals surface area contributed by atoms with Crippen LogP contribution in [-0.2, 0) is 6.18 Å². The van der Waals surface area contributed by atoms with Crippen LogP contribution in [0.2, 0.25) is 5.02 Å². The molecule has 0 saturated heterocycles. The van der Waals surface area contributed by atoms with E-state index in [0.717, 1.165) is 16.8 Å². The van der Waals surface area contributed by atoms with Crippen molar-refractivity contribution in [3.8, 4) is 11.4 Å². The lowest BCUT2D eigenvalue weighted by Gasteiger charge is -2.14. The largest absolute Gasteiger partial charge is 0.507 e. The van der Waals surface area contributed by atoms with E-state index in [0.29, 0.717) is 22.6 Å². The number of aryl methyl sites for hydroxylation is 1. The molecule has 0 saturated carbocycles. The van der Waals surface area contributed by atoms with Crippen LogP contribution in [0.4, 0.5) is 13.2 Å². The molecule has 0 spiro atoms. The van der Waals surface area contributed by atoms with E-state index in [1.54, 1.807) is 30.5 Å². The Labute approximate surface area is 198 Å². The zero-order chi connectivity index (χ0) is 24.6. The number of phenols is 1. The first-order valence-corrected chi connectivity index (χ1v) is 10.6. The van der Waals surface area contributed by atoms with E-state index in [-0.39, 0.29) is 16.3 Å². The van der Waals surface area contributed by atoms with Crippen LogP contribution < -0.4 is 5.43 Å². The SMILES string of the molecule is Cc1cc(C=NNC(=O)c2cc3ccccc3cc2O)c(C)n1-c1ccc(Cl)c(C(F)(F)F)c1. The third-order valence-electron chi connectivity index (χ3n) is 5.46. The number of hydrogen-bond donors (Lipinski definition) is 2. The van der Waals surface area contributed by atoms with E-state index in [1.807, 2.05) is 24.3 Å². The second-order valence-electron chi connectivity index (χ2n) is 7.74. The number of aromatic hydroxyl groups is 1. The topological polar surface area (TPSA) is 66.6 Å². The highest BCUT2D eigenvalue weighted by molar-refractivity contribution is 6.31. The summed E-state index contributed by atoms with van der Waals surface area (Å²) in [6.07, 6.45) is -3.18. The number of rotatable bonds is 4. The van der Waals surface area contributed by atoms with Crippen molar-refractivity contribution in [3.05, 3.63) is 93.8 Å². The highest BCUT2D eigenvalue weighted by Crippen LogP contribution is 2.36. The van der Waals surface area contributed by atoms with Crippen LogP contribution >= 0.6 is 11.6 Å². The van der Waals surface area contributed by atoms with Crippen molar-refractivity contribution in [2.24, 2.45) is 5.10 Å². The van der Waals surface area contributed by atoms with Gasteiger partial charge in [-0.3, -0.25) is 4.79 Å². The van der Waals surface area contributed by atoms with Gasteiger partial charge in [-0.2, -0.15) is 18.3 Å². The molecule has 0 aliphatic carbocycles. The molecule has 2 N–H and O–H groups in total. The van der Waals surface area contributed by atoms with E-state index >= 15 is 0 Å². The third-order valence-corrected chi connectivity index (χ3v) is 5.79. The van der Waals surface area contributed by atoms with E-state index in [9.17, 15) is 23.1 Å². The van der Waals surface area contributed by atoms with Crippen LogP contribution in [0.15, 0.2) is 65.8 Å². The number of alkyl halides is 3. The number of hydrazone groups is 1. The van der Waals surface area contributed by atoms with Crippen LogP contribution in [0.3, 0.4) is 0 Å². The Kier molecular flexibility index (Phi) is 6.10. The van der Waals surface area contributed by atoms with Crippen molar-refractivity contribution in [2.45, 2.75) is 20.0 Å². The number of halogens is 4. The molecule has 0 radical (unpaired) electrons. The van der Waals surface area contributed by atoms with E-state index in [1.165, 1.54) is 24.4 Å². The summed E-state index contributed by atoms with van der Waals surface area (Å²) in [5.74, 6) is -0.770. The van der Waals surface area contributed by atoms with Gasteiger partial charge >= 0.3 is 6.18 Å². The van der Waals surface area contributed by atoms with Crippen molar-refractivity contribution < 1.29 is 23.1 Å². The van der Waals surface area contributed by atoms with Gasteiger partial charge in [0, 0.05) is 22.6 Å². The van der Waals surface area contributed by atoms with E-state index < -0.39 is 17.6 Å². The molecular formula is C25H19ClF3N3O2. The average molecular weight is 486 g/mol. The first-order valence-electron chi connectivity index (χ1n) is 10.2.